The Morgan fingerprint density at radius 2 is 1.81 bits per heavy atom. The Bertz CT molecular complexity index is 892. The molecular weight excluding hydrogens is 347 g/mol. The van der Waals surface area contributed by atoms with Crippen LogP contribution in [0.25, 0.3) is 10.4 Å². The van der Waals surface area contributed by atoms with Crippen LogP contribution in [0, 0.1) is 5.82 Å². The second-order valence-corrected chi connectivity index (χ2v) is 7.50. The van der Waals surface area contributed by atoms with Crippen LogP contribution in [0.15, 0.2) is 66.7 Å². The number of nitrogens with zero attached hydrogens (tertiary/aromatic N) is 1. The third kappa shape index (κ3) is 3.63. The number of likely N-dealkylation sites (tertiary alicyclic amines) is 1. The highest BCUT2D eigenvalue weighted by molar-refractivity contribution is 7.17. The maximum atomic E-state index is 13.1. The maximum Gasteiger partial charge on any atom is 0.264 e. The van der Waals surface area contributed by atoms with Crippen LogP contribution in [0.5, 0.6) is 0 Å². The summed E-state index contributed by atoms with van der Waals surface area (Å²) in [5.74, 6) is -0.184. The topological polar surface area (TPSA) is 32.3 Å². The van der Waals surface area contributed by atoms with Gasteiger partial charge < -0.3 is 10.2 Å². The van der Waals surface area contributed by atoms with Crippen LogP contribution in [-0.2, 0) is 0 Å². The lowest BCUT2D eigenvalue weighted by Crippen LogP contribution is -2.31. The van der Waals surface area contributed by atoms with Gasteiger partial charge in [0.2, 0.25) is 0 Å². The van der Waals surface area contributed by atoms with E-state index < -0.39 is 0 Å². The summed E-state index contributed by atoms with van der Waals surface area (Å²) in [7, 11) is 0. The van der Waals surface area contributed by atoms with Crippen LogP contribution < -0.4 is 5.32 Å². The molecule has 1 fully saturated rings. The van der Waals surface area contributed by atoms with Crippen molar-refractivity contribution in [2.24, 2.45) is 0 Å². The van der Waals surface area contributed by atoms with E-state index in [9.17, 15) is 9.18 Å². The van der Waals surface area contributed by atoms with Crippen molar-refractivity contribution in [2.45, 2.75) is 12.5 Å². The number of carbonyl (C=O) groups excluding carboxylic acids is 1. The summed E-state index contributed by atoms with van der Waals surface area (Å²) < 4.78 is 13.1. The standard InChI is InChI=1S/C21H19FN2OS/c22-16-8-6-15(7-9-16)19-10-11-20(26-19)21(25)24-13-12-18(14-24)23-17-4-2-1-3-5-17/h1-11,18,23H,12-14H2. The summed E-state index contributed by atoms with van der Waals surface area (Å²) in [4.78, 5) is 16.4. The fourth-order valence-electron chi connectivity index (χ4n) is 3.21. The van der Waals surface area contributed by atoms with Crippen LogP contribution in [0.3, 0.4) is 0 Å². The number of rotatable bonds is 4. The molecule has 1 amide bonds. The summed E-state index contributed by atoms with van der Waals surface area (Å²) in [5, 5.41) is 3.49. The highest BCUT2D eigenvalue weighted by Crippen LogP contribution is 2.30. The number of hydrogen-bond donors (Lipinski definition) is 1. The molecule has 2 heterocycles. The van der Waals surface area contributed by atoms with Gasteiger partial charge in [0, 0.05) is 29.7 Å². The molecule has 3 aromatic rings. The van der Waals surface area contributed by atoms with Gasteiger partial charge in [0.25, 0.3) is 5.91 Å². The molecule has 0 aliphatic carbocycles. The first-order chi connectivity index (χ1) is 12.7. The van der Waals surface area contributed by atoms with Gasteiger partial charge in [0.05, 0.1) is 4.88 Å². The average molecular weight is 366 g/mol. The van der Waals surface area contributed by atoms with Gasteiger partial charge >= 0.3 is 0 Å². The van der Waals surface area contributed by atoms with E-state index in [4.69, 9.17) is 0 Å². The van der Waals surface area contributed by atoms with E-state index in [2.05, 4.69) is 5.32 Å². The molecule has 0 radical (unpaired) electrons. The second-order valence-electron chi connectivity index (χ2n) is 6.42. The summed E-state index contributed by atoms with van der Waals surface area (Å²) in [6.45, 7) is 1.46. The quantitative estimate of drug-likeness (QED) is 0.714. The molecule has 1 unspecified atom stereocenters. The van der Waals surface area contributed by atoms with Gasteiger partial charge in [0.15, 0.2) is 0 Å². The summed E-state index contributed by atoms with van der Waals surface area (Å²) in [5.41, 5.74) is 2.02. The Balaban J connectivity index is 1.41. The smallest absolute Gasteiger partial charge is 0.264 e. The molecule has 5 heteroatoms. The second kappa shape index (κ2) is 7.30. The molecular formula is C21H19FN2OS. The number of nitrogens with one attached hydrogen (secondary N) is 1. The molecule has 1 atom stereocenters. The zero-order valence-corrected chi connectivity index (χ0v) is 15.0. The normalized spacial score (nSPS) is 16.7. The van der Waals surface area contributed by atoms with Crippen molar-refractivity contribution in [3.05, 3.63) is 77.4 Å². The van der Waals surface area contributed by atoms with Crippen molar-refractivity contribution in [2.75, 3.05) is 18.4 Å². The fraction of sp³-hybridized carbons (Fsp3) is 0.190. The molecule has 132 valence electrons. The lowest BCUT2D eigenvalue weighted by molar-refractivity contribution is 0.0796. The Morgan fingerprint density at radius 1 is 1.04 bits per heavy atom. The Kier molecular flexibility index (Phi) is 4.71. The first-order valence-electron chi connectivity index (χ1n) is 8.66. The minimum absolute atomic E-state index is 0.0701. The Labute approximate surface area is 156 Å². The lowest BCUT2D eigenvalue weighted by Gasteiger charge is -2.17. The predicted molar refractivity (Wildman–Crippen MR) is 104 cm³/mol. The largest absolute Gasteiger partial charge is 0.380 e. The van der Waals surface area contributed by atoms with Gasteiger partial charge in [-0.15, -0.1) is 11.3 Å². The number of benzene rings is 2. The molecule has 0 saturated carbocycles. The molecule has 1 N–H and O–H groups in total. The summed E-state index contributed by atoms with van der Waals surface area (Å²) in [6, 6.07) is 20.5. The molecule has 4 rings (SSSR count). The lowest BCUT2D eigenvalue weighted by atomic mass is 10.2. The SMILES string of the molecule is O=C(c1ccc(-c2ccc(F)cc2)s1)N1CCC(Nc2ccccc2)C1. The number of hydrogen-bond acceptors (Lipinski definition) is 3. The number of carbonyl (C=O) groups is 1. The molecule has 1 aromatic heterocycles. The predicted octanol–water partition coefficient (Wildman–Crippen LogP) is 4.88. The monoisotopic (exact) mass is 366 g/mol. The van der Waals surface area contributed by atoms with Gasteiger partial charge in [-0.25, -0.2) is 4.39 Å². The van der Waals surface area contributed by atoms with E-state index in [1.807, 2.05) is 47.4 Å². The molecule has 3 nitrogen and oxygen atoms in total. The molecule has 0 spiro atoms. The highest BCUT2D eigenvalue weighted by atomic mass is 32.1. The first kappa shape index (κ1) is 16.8. The molecule has 1 aliphatic heterocycles. The van der Waals surface area contributed by atoms with E-state index in [1.54, 1.807) is 12.1 Å². The van der Waals surface area contributed by atoms with Crippen molar-refractivity contribution < 1.29 is 9.18 Å². The average Bonchev–Trinajstić information content (AvgIpc) is 3.33. The van der Waals surface area contributed by atoms with Crippen LogP contribution in [0.1, 0.15) is 16.1 Å². The van der Waals surface area contributed by atoms with Gasteiger partial charge in [-0.1, -0.05) is 30.3 Å². The summed E-state index contributed by atoms with van der Waals surface area (Å²) >= 11 is 1.46. The minimum Gasteiger partial charge on any atom is -0.380 e. The minimum atomic E-state index is -0.254. The van der Waals surface area contributed by atoms with Crippen molar-refractivity contribution in [3.63, 3.8) is 0 Å². The molecule has 26 heavy (non-hydrogen) atoms. The van der Waals surface area contributed by atoms with Crippen molar-refractivity contribution in [3.8, 4) is 10.4 Å². The van der Waals surface area contributed by atoms with Crippen LogP contribution >= 0.6 is 11.3 Å². The zero-order chi connectivity index (χ0) is 17.9. The van der Waals surface area contributed by atoms with E-state index in [0.717, 1.165) is 34.0 Å². The maximum absolute atomic E-state index is 13.1. The molecule has 1 aliphatic rings. The Morgan fingerprint density at radius 3 is 2.58 bits per heavy atom. The number of anilines is 1. The van der Waals surface area contributed by atoms with E-state index in [0.29, 0.717) is 6.54 Å². The van der Waals surface area contributed by atoms with Gasteiger partial charge in [0.1, 0.15) is 5.82 Å². The number of thiophene rings is 1. The number of halogens is 1. The van der Waals surface area contributed by atoms with E-state index in [1.165, 1.54) is 23.5 Å². The third-order valence-electron chi connectivity index (χ3n) is 4.57. The molecule has 1 saturated heterocycles. The first-order valence-corrected chi connectivity index (χ1v) is 9.47. The van der Waals surface area contributed by atoms with E-state index >= 15 is 0 Å². The number of amides is 1. The van der Waals surface area contributed by atoms with Crippen molar-refractivity contribution >= 4 is 22.9 Å². The third-order valence-corrected chi connectivity index (χ3v) is 5.69. The van der Waals surface area contributed by atoms with Crippen molar-refractivity contribution in [1.82, 2.24) is 4.90 Å². The Hall–Kier alpha value is -2.66. The number of para-hydroxylation sites is 1. The molecule has 2 aromatic carbocycles. The zero-order valence-electron chi connectivity index (χ0n) is 14.2. The van der Waals surface area contributed by atoms with Gasteiger partial charge in [-0.3, -0.25) is 4.79 Å². The van der Waals surface area contributed by atoms with Crippen LogP contribution in [0.2, 0.25) is 0 Å². The van der Waals surface area contributed by atoms with E-state index in [-0.39, 0.29) is 17.8 Å². The van der Waals surface area contributed by atoms with Crippen LogP contribution in [-0.4, -0.2) is 29.9 Å². The van der Waals surface area contributed by atoms with Crippen molar-refractivity contribution in [1.29, 1.82) is 0 Å². The van der Waals surface area contributed by atoms with Gasteiger partial charge in [-0.05, 0) is 48.4 Å². The summed E-state index contributed by atoms with van der Waals surface area (Å²) in [6.07, 6.45) is 0.941. The molecule has 0 bridgehead atoms. The van der Waals surface area contributed by atoms with Gasteiger partial charge in [-0.2, -0.15) is 0 Å². The highest BCUT2D eigenvalue weighted by Gasteiger charge is 2.27. The fourth-order valence-corrected chi connectivity index (χ4v) is 4.19. The van der Waals surface area contributed by atoms with Crippen LogP contribution in [0.4, 0.5) is 10.1 Å².